The number of ether oxygens (including phenoxy) is 3. The van der Waals surface area contributed by atoms with Crippen LogP contribution in [0.15, 0.2) is 36.6 Å². The summed E-state index contributed by atoms with van der Waals surface area (Å²) in [7, 11) is 0. The summed E-state index contributed by atoms with van der Waals surface area (Å²) in [4.78, 5) is 11.0. The van der Waals surface area contributed by atoms with Gasteiger partial charge in [0.1, 0.15) is 6.61 Å². The maximum atomic E-state index is 11.0. The Hall–Kier alpha value is -1.55. The highest BCUT2D eigenvalue weighted by atomic mass is 16.7. The van der Waals surface area contributed by atoms with Gasteiger partial charge in [-0.3, -0.25) is 0 Å². The molecule has 0 aromatic rings. The van der Waals surface area contributed by atoms with Gasteiger partial charge in [-0.1, -0.05) is 12.7 Å². The van der Waals surface area contributed by atoms with Gasteiger partial charge in [-0.05, 0) is 19.1 Å². The van der Waals surface area contributed by atoms with E-state index in [0.29, 0.717) is 12.2 Å². The largest absolute Gasteiger partial charge is 0.469 e. The van der Waals surface area contributed by atoms with Crippen LogP contribution in [-0.2, 0) is 19.0 Å². The van der Waals surface area contributed by atoms with Crippen LogP contribution in [0, 0.1) is 0 Å². The Morgan fingerprint density at radius 2 is 2.27 bits per heavy atom. The lowest BCUT2D eigenvalue weighted by atomic mass is 10.4. The zero-order chi connectivity index (χ0) is 11.1. The van der Waals surface area contributed by atoms with E-state index in [1.807, 2.05) is 6.08 Å². The van der Waals surface area contributed by atoms with E-state index in [1.54, 1.807) is 25.3 Å². The molecule has 1 atom stereocenters. The maximum Gasteiger partial charge on any atom is 0.333 e. The van der Waals surface area contributed by atoms with Crippen LogP contribution in [-0.4, -0.2) is 25.5 Å². The first-order valence-corrected chi connectivity index (χ1v) is 4.63. The molecule has 0 fully saturated rings. The number of allylic oxidation sites excluding steroid dienone is 2. The third kappa shape index (κ3) is 4.46. The Morgan fingerprint density at radius 3 is 2.87 bits per heavy atom. The van der Waals surface area contributed by atoms with Crippen LogP contribution in [0.4, 0.5) is 0 Å². The van der Waals surface area contributed by atoms with Crippen LogP contribution in [0.1, 0.15) is 6.92 Å². The van der Waals surface area contributed by atoms with Gasteiger partial charge in [0, 0.05) is 5.57 Å². The minimum Gasteiger partial charge on any atom is -0.469 e. The van der Waals surface area contributed by atoms with Crippen LogP contribution in [0.2, 0.25) is 0 Å². The lowest BCUT2D eigenvalue weighted by Crippen LogP contribution is -2.18. The Labute approximate surface area is 88.8 Å². The predicted octanol–water partition coefficient (Wildman–Crippen LogP) is 1.55. The second-order valence-corrected chi connectivity index (χ2v) is 3.00. The molecule has 1 heterocycles. The molecule has 0 amide bonds. The van der Waals surface area contributed by atoms with Gasteiger partial charge in [-0.15, -0.1) is 0 Å². The summed E-state index contributed by atoms with van der Waals surface area (Å²) in [6.45, 7) is 5.55. The third-order valence-electron chi connectivity index (χ3n) is 1.62. The fourth-order valence-corrected chi connectivity index (χ4v) is 0.885. The Balaban J connectivity index is 2.07. The topological polar surface area (TPSA) is 44.8 Å². The minimum absolute atomic E-state index is 0.198. The molecule has 82 valence electrons. The molecule has 0 aromatic carbocycles. The normalized spacial score (nSPS) is 18.3. The van der Waals surface area contributed by atoms with Crippen LogP contribution in [0.5, 0.6) is 0 Å². The van der Waals surface area contributed by atoms with Crippen molar-refractivity contribution in [3.8, 4) is 0 Å². The first-order chi connectivity index (χ1) is 7.20. The lowest BCUT2D eigenvalue weighted by Gasteiger charge is -2.15. The highest BCUT2D eigenvalue weighted by Gasteiger charge is 2.07. The van der Waals surface area contributed by atoms with Gasteiger partial charge >= 0.3 is 5.97 Å². The van der Waals surface area contributed by atoms with Crippen molar-refractivity contribution in [2.45, 2.75) is 13.2 Å². The van der Waals surface area contributed by atoms with Crippen molar-refractivity contribution in [3.05, 3.63) is 36.6 Å². The van der Waals surface area contributed by atoms with Crippen molar-refractivity contribution in [1.29, 1.82) is 0 Å². The van der Waals surface area contributed by atoms with E-state index in [9.17, 15) is 4.79 Å². The summed E-state index contributed by atoms with van der Waals surface area (Å²) < 4.78 is 15.2. The zero-order valence-corrected chi connectivity index (χ0v) is 8.64. The third-order valence-corrected chi connectivity index (χ3v) is 1.62. The van der Waals surface area contributed by atoms with Crippen molar-refractivity contribution in [1.82, 2.24) is 0 Å². The number of rotatable bonds is 5. The van der Waals surface area contributed by atoms with Crippen LogP contribution >= 0.6 is 0 Å². The highest BCUT2D eigenvalue weighted by molar-refractivity contribution is 5.86. The van der Waals surface area contributed by atoms with Crippen molar-refractivity contribution in [2.24, 2.45) is 0 Å². The van der Waals surface area contributed by atoms with Gasteiger partial charge in [0.15, 0.2) is 0 Å². The summed E-state index contributed by atoms with van der Waals surface area (Å²) in [5.74, 6) is -0.404. The molecule has 0 aliphatic carbocycles. The Bertz CT molecular complexity index is 291. The number of carbonyl (C=O) groups excluding carboxylic acids is 1. The predicted molar refractivity (Wildman–Crippen MR) is 54.9 cm³/mol. The van der Waals surface area contributed by atoms with Crippen molar-refractivity contribution in [3.63, 3.8) is 0 Å². The molecule has 1 rings (SSSR count). The fourth-order valence-electron chi connectivity index (χ4n) is 0.885. The molecule has 1 unspecified atom stereocenters. The molecule has 4 heteroatoms. The standard InChI is InChI=1S/C11H14O4/c1-9(2)11(12)15-8-7-14-10-5-3-4-6-13-10/h3-6,10H,1,7-8H2,2H3. The van der Waals surface area contributed by atoms with Gasteiger partial charge in [-0.2, -0.15) is 0 Å². The van der Waals surface area contributed by atoms with Crippen molar-refractivity contribution >= 4 is 5.97 Å². The minimum atomic E-state index is -0.404. The second-order valence-electron chi connectivity index (χ2n) is 3.00. The van der Waals surface area contributed by atoms with E-state index in [0.717, 1.165) is 0 Å². The molecule has 0 aromatic heterocycles. The average molecular weight is 210 g/mol. The number of esters is 1. The summed E-state index contributed by atoms with van der Waals surface area (Å²) in [5, 5.41) is 0. The molecular weight excluding hydrogens is 196 g/mol. The molecule has 0 radical (unpaired) electrons. The van der Waals surface area contributed by atoms with E-state index < -0.39 is 12.3 Å². The van der Waals surface area contributed by atoms with Gasteiger partial charge < -0.3 is 14.2 Å². The summed E-state index contributed by atoms with van der Waals surface area (Å²) in [6.07, 6.45) is 6.51. The molecule has 0 N–H and O–H groups in total. The number of hydrogen-bond donors (Lipinski definition) is 0. The number of hydrogen-bond acceptors (Lipinski definition) is 4. The average Bonchev–Trinajstić information content (AvgIpc) is 2.25. The van der Waals surface area contributed by atoms with E-state index in [2.05, 4.69) is 6.58 Å². The molecule has 0 saturated carbocycles. The highest BCUT2D eigenvalue weighted by Crippen LogP contribution is 2.03. The SMILES string of the molecule is C=C(C)C(=O)OCCOC1C=CC=CO1. The van der Waals surface area contributed by atoms with Gasteiger partial charge in [0.05, 0.1) is 12.9 Å². The molecule has 0 spiro atoms. The number of carbonyl (C=O) groups is 1. The molecule has 1 aliphatic heterocycles. The van der Waals surface area contributed by atoms with Crippen LogP contribution < -0.4 is 0 Å². The quantitative estimate of drug-likeness (QED) is 0.392. The summed E-state index contributed by atoms with van der Waals surface area (Å²) in [5.41, 5.74) is 0.381. The molecule has 0 bridgehead atoms. The molecule has 1 aliphatic rings. The van der Waals surface area contributed by atoms with E-state index in [4.69, 9.17) is 14.2 Å². The van der Waals surface area contributed by atoms with E-state index in [-0.39, 0.29) is 6.61 Å². The first-order valence-electron chi connectivity index (χ1n) is 4.63. The second kappa shape index (κ2) is 6.03. The fraction of sp³-hybridized carbons (Fsp3) is 0.364. The molecule has 4 nitrogen and oxygen atoms in total. The summed E-state index contributed by atoms with van der Waals surface area (Å²) >= 11 is 0. The molecule has 15 heavy (non-hydrogen) atoms. The van der Waals surface area contributed by atoms with E-state index in [1.165, 1.54) is 0 Å². The summed E-state index contributed by atoms with van der Waals surface area (Å²) in [6, 6.07) is 0. The first kappa shape index (κ1) is 11.5. The molecule has 0 saturated heterocycles. The maximum absolute atomic E-state index is 11.0. The van der Waals surface area contributed by atoms with E-state index >= 15 is 0 Å². The van der Waals surface area contributed by atoms with Gasteiger partial charge in [0.25, 0.3) is 0 Å². The van der Waals surface area contributed by atoms with Gasteiger partial charge in [-0.25, -0.2) is 4.79 Å². The van der Waals surface area contributed by atoms with Crippen molar-refractivity contribution < 1.29 is 19.0 Å². The van der Waals surface area contributed by atoms with Crippen molar-refractivity contribution in [2.75, 3.05) is 13.2 Å². The zero-order valence-electron chi connectivity index (χ0n) is 8.64. The Morgan fingerprint density at radius 1 is 1.47 bits per heavy atom. The van der Waals surface area contributed by atoms with Crippen LogP contribution in [0.3, 0.4) is 0 Å². The Kier molecular flexibility index (Phi) is 4.63. The van der Waals surface area contributed by atoms with Crippen LogP contribution in [0.25, 0.3) is 0 Å². The van der Waals surface area contributed by atoms with Gasteiger partial charge in [0.2, 0.25) is 6.29 Å². The smallest absolute Gasteiger partial charge is 0.333 e. The molecular formula is C11H14O4. The monoisotopic (exact) mass is 210 g/mol. The lowest BCUT2D eigenvalue weighted by molar-refractivity contribution is -0.144.